The SMILES string of the molecule is Cl.O=C(CCS(=O)(=O)c1ccc(Cl)cc1)N1CCCN(c2ccccn2)CC1. The van der Waals surface area contributed by atoms with Gasteiger partial charge in [0.1, 0.15) is 5.82 Å². The molecule has 1 aliphatic heterocycles. The van der Waals surface area contributed by atoms with Gasteiger partial charge in [0.2, 0.25) is 5.91 Å². The van der Waals surface area contributed by atoms with Crippen molar-refractivity contribution < 1.29 is 13.2 Å². The summed E-state index contributed by atoms with van der Waals surface area (Å²) in [5, 5.41) is 0.479. The highest BCUT2D eigenvalue weighted by molar-refractivity contribution is 7.91. The Balaban J connectivity index is 0.00000280. The number of carbonyl (C=O) groups excluding carboxylic acids is 1. The molecule has 0 spiro atoms. The van der Waals surface area contributed by atoms with E-state index in [1.807, 2.05) is 18.2 Å². The number of halogens is 2. The van der Waals surface area contributed by atoms with Gasteiger partial charge in [-0.1, -0.05) is 17.7 Å². The molecule has 2 heterocycles. The lowest BCUT2D eigenvalue weighted by atomic mass is 10.3. The van der Waals surface area contributed by atoms with Crippen molar-refractivity contribution in [2.24, 2.45) is 0 Å². The van der Waals surface area contributed by atoms with Crippen LogP contribution in [0.25, 0.3) is 0 Å². The Hall–Kier alpha value is -1.83. The number of amides is 1. The maximum Gasteiger partial charge on any atom is 0.223 e. The third-order valence-electron chi connectivity index (χ3n) is 4.58. The lowest BCUT2D eigenvalue weighted by molar-refractivity contribution is -0.130. The van der Waals surface area contributed by atoms with Gasteiger partial charge in [0.25, 0.3) is 0 Å². The molecule has 3 rings (SSSR count). The second kappa shape index (κ2) is 10.1. The predicted molar refractivity (Wildman–Crippen MR) is 113 cm³/mol. The number of hydrogen-bond donors (Lipinski definition) is 0. The second-order valence-electron chi connectivity index (χ2n) is 6.43. The van der Waals surface area contributed by atoms with Gasteiger partial charge in [0.05, 0.1) is 10.6 Å². The Kier molecular flexibility index (Phi) is 8.10. The van der Waals surface area contributed by atoms with Gasteiger partial charge in [-0.25, -0.2) is 13.4 Å². The summed E-state index contributed by atoms with van der Waals surface area (Å²) < 4.78 is 24.8. The zero-order chi connectivity index (χ0) is 19.3. The lowest BCUT2D eigenvalue weighted by Crippen LogP contribution is -2.36. The fourth-order valence-electron chi connectivity index (χ4n) is 3.08. The van der Waals surface area contributed by atoms with Gasteiger partial charge in [-0.3, -0.25) is 4.79 Å². The molecule has 1 aromatic carbocycles. The van der Waals surface area contributed by atoms with E-state index in [1.165, 1.54) is 24.3 Å². The van der Waals surface area contributed by atoms with Crippen LogP contribution < -0.4 is 4.90 Å². The first kappa shape index (κ1) is 22.5. The van der Waals surface area contributed by atoms with Crippen molar-refractivity contribution in [2.45, 2.75) is 17.7 Å². The minimum absolute atomic E-state index is 0. The summed E-state index contributed by atoms with van der Waals surface area (Å²) in [7, 11) is -3.50. The molecule has 0 radical (unpaired) electrons. The molecule has 0 bridgehead atoms. The minimum Gasteiger partial charge on any atom is -0.355 e. The molecule has 0 N–H and O–H groups in total. The maximum absolute atomic E-state index is 12.5. The standard InChI is InChI=1S/C19H22ClN3O3S.ClH/c20-16-5-7-17(8-6-16)27(25,26)15-9-19(24)23-12-3-11-22(13-14-23)18-4-1-2-10-21-18;/h1-2,4-8,10H,3,9,11-15H2;1H. The van der Waals surface area contributed by atoms with E-state index in [9.17, 15) is 13.2 Å². The lowest BCUT2D eigenvalue weighted by Gasteiger charge is -2.22. The fourth-order valence-corrected chi connectivity index (χ4v) is 4.43. The van der Waals surface area contributed by atoms with Gasteiger partial charge in [0.15, 0.2) is 9.84 Å². The van der Waals surface area contributed by atoms with E-state index < -0.39 is 9.84 Å². The Bertz CT molecular complexity index is 877. The smallest absolute Gasteiger partial charge is 0.223 e. The van der Waals surface area contributed by atoms with E-state index in [4.69, 9.17) is 11.6 Å². The summed E-state index contributed by atoms with van der Waals surface area (Å²) in [6.45, 7) is 2.70. The quantitative estimate of drug-likeness (QED) is 0.709. The van der Waals surface area contributed by atoms with Gasteiger partial charge < -0.3 is 9.80 Å². The molecule has 9 heteroatoms. The fraction of sp³-hybridized carbons (Fsp3) is 0.368. The van der Waals surface area contributed by atoms with Crippen LogP contribution in [0.15, 0.2) is 53.6 Å². The van der Waals surface area contributed by atoms with Crippen LogP contribution in [0, 0.1) is 0 Å². The zero-order valence-corrected chi connectivity index (χ0v) is 17.7. The highest BCUT2D eigenvalue weighted by Gasteiger charge is 2.22. The number of nitrogens with zero attached hydrogens (tertiary/aromatic N) is 3. The molecule has 1 aliphatic rings. The van der Waals surface area contributed by atoms with E-state index in [2.05, 4.69) is 9.88 Å². The van der Waals surface area contributed by atoms with Gasteiger partial charge in [-0.15, -0.1) is 12.4 Å². The molecule has 1 saturated heterocycles. The molecule has 6 nitrogen and oxygen atoms in total. The number of aromatic nitrogens is 1. The van der Waals surface area contributed by atoms with Crippen LogP contribution in [-0.4, -0.2) is 56.1 Å². The van der Waals surface area contributed by atoms with Crippen molar-refractivity contribution in [2.75, 3.05) is 36.8 Å². The molecule has 1 amide bonds. The van der Waals surface area contributed by atoms with E-state index in [-0.39, 0.29) is 35.4 Å². The van der Waals surface area contributed by atoms with Crippen LogP contribution in [0.4, 0.5) is 5.82 Å². The number of sulfone groups is 1. The summed E-state index contributed by atoms with van der Waals surface area (Å²) >= 11 is 5.80. The first-order valence-electron chi connectivity index (χ1n) is 8.88. The second-order valence-corrected chi connectivity index (χ2v) is 8.98. The monoisotopic (exact) mass is 443 g/mol. The van der Waals surface area contributed by atoms with Gasteiger partial charge in [-0.05, 0) is 42.8 Å². The molecule has 2 aromatic rings. The van der Waals surface area contributed by atoms with Crippen molar-refractivity contribution in [3.05, 3.63) is 53.7 Å². The molecule has 0 unspecified atom stereocenters. The largest absolute Gasteiger partial charge is 0.355 e. The average molecular weight is 444 g/mol. The van der Waals surface area contributed by atoms with Gasteiger partial charge in [0, 0.05) is 43.8 Å². The van der Waals surface area contributed by atoms with Crippen molar-refractivity contribution in [1.82, 2.24) is 9.88 Å². The van der Waals surface area contributed by atoms with Crippen LogP contribution in [0.2, 0.25) is 5.02 Å². The summed E-state index contributed by atoms with van der Waals surface area (Å²) in [6.07, 6.45) is 2.56. The molecule has 1 aromatic heterocycles. The van der Waals surface area contributed by atoms with Crippen LogP contribution in [0.1, 0.15) is 12.8 Å². The number of hydrogen-bond acceptors (Lipinski definition) is 5. The highest BCUT2D eigenvalue weighted by Crippen LogP contribution is 2.17. The zero-order valence-electron chi connectivity index (χ0n) is 15.3. The number of pyridine rings is 1. The number of anilines is 1. The van der Waals surface area contributed by atoms with Gasteiger partial charge >= 0.3 is 0 Å². The summed E-state index contributed by atoms with van der Waals surface area (Å²) in [6, 6.07) is 11.8. The van der Waals surface area contributed by atoms with Crippen LogP contribution >= 0.6 is 24.0 Å². The first-order valence-corrected chi connectivity index (χ1v) is 10.9. The minimum atomic E-state index is -3.50. The number of rotatable bonds is 5. The van der Waals surface area contributed by atoms with Crippen LogP contribution in [0.5, 0.6) is 0 Å². The first-order chi connectivity index (χ1) is 13.0. The third kappa shape index (κ3) is 5.83. The highest BCUT2D eigenvalue weighted by atomic mass is 35.5. The van der Waals surface area contributed by atoms with Crippen molar-refractivity contribution in [3.63, 3.8) is 0 Å². The van der Waals surface area contributed by atoms with Crippen LogP contribution in [-0.2, 0) is 14.6 Å². The number of carbonyl (C=O) groups is 1. The molecule has 0 aliphatic carbocycles. The molecule has 0 atom stereocenters. The van der Waals surface area contributed by atoms with E-state index >= 15 is 0 Å². The Morgan fingerprint density at radius 2 is 1.79 bits per heavy atom. The van der Waals surface area contributed by atoms with Crippen molar-refractivity contribution in [1.29, 1.82) is 0 Å². The molecule has 0 saturated carbocycles. The predicted octanol–water partition coefficient (Wildman–Crippen LogP) is 3.06. The molecule has 28 heavy (non-hydrogen) atoms. The summed E-state index contributed by atoms with van der Waals surface area (Å²) in [5.41, 5.74) is 0. The Morgan fingerprint density at radius 1 is 1.04 bits per heavy atom. The Labute approximate surface area is 176 Å². The maximum atomic E-state index is 12.5. The number of benzene rings is 1. The normalized spacial score (nSPS) is 14.9. The molecular weight excluding hydrogens is 421 g/mol. The van der Waals surface area contributed by atoms with Crippen molar-refractivity contribution in [3.8, 4) is 0 Å². The third-order valence-corrected chi connectivity index (χ3v) is 6.56. The Morgan fingerprint density at radius 3 is 2.46 bits per heavy atom. The average Bonchev–Trinajstić information content (AvgIpc) is 2.93. The van der Waals surface area contributed by atoms with E-state index in [1.54, 1.807) is 11.1 Å². The van der Waals surface area contributed by atoms with E-state index in [0.717, 1.165) is 18.8 Å². The summed E-state index contributed by atoms with van der Waals surface area (Å²) in [5.74, 6) is 0.570. The molecular formula is C19H23Cl2N3O3S. The van der Waals surface area contributed by atoms with E-state index in [0.29, 0.717) is 24.7 Å². The van der Waals surface area contributed by atoms with Crippen molar-refractivity contribution >= 4 is 45.6 Å². The molecule has 152 valence electrons. The topological polar surface area (TPSA) is 70.6 Å². The molecule has 1 fully saturated rings. The van der Waals surface area contributed by atoms with Crippen LogP contribution in [0.3, 0.4) is 0 Å². The van der Waals surface area contributed by atoms with Gasteiger partial charge in [-0.2, -0.15) is 0 Å². The summed E-state index contributed by atoms with van der Waals surface area (Å²) in [4.78, 5) is 21.0.